The fraction of sp³-hybridized carbons (Fsp3) is 0.300. The molecule has 1 saturated heterocycles. The SMILES string of the molecule is CN(C)S(=O)(=O)c1cc(C(=O)Nc2cccc(CN3CCCC3=O)c2)ccc1F. The van der Waals surface area contributed by atoms with E-state index in [4.69, 9.17) is 0 Å². The van der Waals surface area contributed by atoms with Gasteiger partial charge in [0.2, 0.25) is 15.9 Å². The van der Waals surface area contributed by atoms with Gasteiger partial charge in [0.05, 0.1) is 0 Å². The first kappa shape index (κ1) is 20.9. The van der Waals surface area contributed by atoms with E-state index in [9.17, 15) is 22.4 Å². The van der Waals surface area contributed by atoms with Gasteiger partial charge in [-0.05, 0) is 42.3 Å². The highest BCUT2D eigenvalue weighted by Gasteiger charge is 2.24. The van der Waals surface area contributed by atoms with Crippen molar-refractivity contribution in [1.82, 2.24) is 9.21 Å². The van der Waals surface area contributed by atoms with E-state index in [-0.39, 0.29) is 11.5 Å². The van der Waals surface area contributed by atoms with Crippen molar-refractivity contribution in [1.29, 1.82) is 0 Å². The highest BCUT2D eigenvalue weighted by molar-refractivity contribution is 7.89. The first-order valence-corrected chi connectivity index (χ1v) is 10.5. The van der Waals surface area contributed by atoms with Crippen molar-refractivity contribution in [3.63, 3.8) is 0 Å². The van der Waals surface area contributed by atoms with E-state index in [1.165, 1.54) is 20.2 Å². The standard InChI is InChI=1S/C20H22FN3O4S/c1-23(2)29(27,28)18-12-15(8-9-17(18)21)20(26)22-16-6-3-5-14(11-16)13-24-10-4-7-19(24)25/h3,5-6,8-9,11-12H,4,7,10,13H2,1-2H3,(H,22,26). The Morgan fingerprint density at radius 1 is 1.21 bits per heavy atom. The van der Waals surface area contributed by atoms with Crippen LogP contribution in [0.15, 0.2) is 47.4 Å². The smallest absolute Gasteiger partial charge is 0.255 e. The van der Waals surface area contributed by atoms with Crippen LogP contribution in [0.1, 0.15) is 28.8 Å². The second kappa shape index (κ2) is 8.30. The predicted octanol–water partition coefficient (Wildman–Crippen LogP) is 2.45. The number of sulfonamides is 1. The zero-order valence-electron chi connectivity index (χ0n) is 16.2. The van der Waals surface area contributed by atoms with E-state index in [0.29, 0.717) is 25.2 Å². The van der Waals surface area contributed by atoms with E-state index in [1.54, 1.807) is 23.1 Å². The summed E-state index contributed by atoms with van der Waals surface area (Å²) in [6.45, 7) is 1.18. The van der Waals surface area contributed by atoms with Crippen molar-refractivity contribution in [2.75, 3.05) is 26.0 Å². The number of amides is 2. The maximum absolute atomic E-state index is 14.0. The Kier molecular flexibility index (Phi) is 5.99. The molecular formula is C20H22FN3O4S. The molecule has 2 aromatic carbocycles. The Morgan fingerprint density at radius 3 is 2.62 bits per heavy atom. The van der Waals surface area contributed by atoms with Crippen molar-refractivity contribution >= 4 is 27.5 Å². The van der Waals surface area contributed by atoms with Crippen LogP contribution in [0.3, 0.4) is 0 Å². The lowest BCUT2D eigenvalue weighted by atomic mass is 10.1. The highest BCUT2D eigenvalue weighted by atomic mass is 32.2. The molecule has 0 aliphatic carbocycles. The quantitative estimate of drug-likeness (QED) is 0.779. The zero-order valence-corrected chi connectivity index (χ0v) is 17.0. The van der Waals surface area contributed by atoms with Crippen LogP contribution in [-0.4, -0.2) is 50.1 Å². The summed E-state index contributed by atoms with van der Waals surface area (Å²) in [7, 11) is -1.44. The molecule has 3 rings (SSSR count). The number of hydrogen-bond acceptors (Lipinski definition) is 4. The Hall–Kier alpha value is -2.78. The molecule has 0 aromatic heterocycles. The lowest BCUT2D eigenvalue weighted by Crippen LogP contribution is -2.24. The van der Waals surface area contributed by atoms with Crippen molar-refractivity contribution in [3.8, 4) is 0 Å². The summed E-state index contributed by atoms with van der Waals surface area (Å²) in [4.78, 5) is 25.6. The second-order valence-electron chi connectivity index (χ2n) is 7.01. The summed E-state index contributed by atoms with van der Waals surface area (Å²) < 4.78 is 39.4. The van der Waals surface area contributed by atoms with Gasteiger partial charge in [-0.3, -0.25) is 9.59 Å². The summed E-state index contributed by atoms with van der Waals surface area (Å²) >= 11 is 0. The van der Waals surface area contributed by atoms with Gasteiger partial charge in [0.15, 0.2) is 0 Å². The summed E-state index contributed by atoms with van der Waals surface area (Å²) in [6, 6.07) is 10.3. The van der Waals surface area contributed by atoms with Crippen LogP contribution >= 0.6 is 0 Å². The minimum Gasteiger partial charge on any atom is -0.338 e. The van der Waals surface area contributed by atoms with E-state index in [2.05, 4.69) is 5.32 Å². The highest BCUT2D eigenvalue weighted by Crippen LogP contribution is 2.21. The van der Waals surface area contributed by atoms with Crippen LogP contribution in [0.2, 0.25) is 0 Å². The van der Waals surface area contributed by atoms with E-state index in [1.807, 2.05) is 6.07 Å². The average molecular weight is 419 g/mol. The monoisotopic (exact) mass is 419 g/mol. The third kappa shape index (κ3) is 4.63. The largest absolute Gasteiger partial charge is 0.338 e. The molecule has 2 aromatic rings. The Balaban J connectivity index is 1.79. The average Bonchev–Trinajstić information content (AvgIpc) is 3.06. The molecule has 154 valence electrons. The van der Waals surface area contributed by atoms with Gasteiger partial charge in [0.25, 0.3) is 5.91 Å². The summed E-state index contributed by atoms with van der Waals surface area (Å²) in [6.07, 6.45) is 1.40. The van der Waals surface area contributed by atoms with E-state index >= 15 is 0 Å². The number of likely N-dealkylation sites (tertiary alicyclic amines) is 1. The number of nitrogens with one attached hydrogen (secondary N) is 1. The number of nitrogens with zero attached hydrogens (tertiary/aromatic N) is 2. The van der Waals surface area contributed by atoms with E-state index < -0.39 is 26.6 Å². The molecule has 0 bridgehead atoms. The maximum atomic E-state index is 14.0. The van der Waals surface area contributed by atoms with Crippen LogP contribution < -0.4 is 5.32 Å². The summed E-state index contributed by atoms with van der Waals surface area (Å²) in [5, 5.41) is 2.69. The molecule has 2 amide bonds. The molecule has 0 unspecified atom stereocenters. The third-order valence-corrected chi connectivity index (χ3v) is 6.51. The van der Waals surface area contributed by atoms with Crippen LogP contribution in [-0.2, 0) is 21.4 Å². The first-order valence-electron chi connectivity index (χ1n) is 9.08. The van der Waals surface area contributed by atoms with E-state index in [0.717, 1.165) is 28.4 Å². The number of carbonyl (C=O) groups excluding carboxylic acids is 2. The molecule has 0 atom stereocenters. The molecule has 1 heterocycles. The Morgan fingerprint density at radius 2 is 1.97 bits per heavy atom. The first-order chi connectivity index (χ1) is 13.7. The number of hydrogen-bond donors (Lipinski definition) is 1. The molecule has 29 heavy (non-hydrogen) atoms. The van der Waals surface area contributed by atoms with Crippen molar-refractivity contribution in [3.05, 3.63) is 59.4 Å². The molecule has 0 saturated carbocycles. The number of benzene rings is 2. The molecule has 9 heteroatoms. The molecule has 1 aliphatic heterocycles. The molecule has 1 fully saturated rings. The summed E-state index contributed by atoms with van der Waals surface area (Å²) in [5.74, 6) is -1.37. The van der Waals surface area contributed by atoms with Gasteiger partial charge in [0.1, 0.15) is 10.7 Å². The van der Waals surface area contributed by atoms with Crippen LogP contribution in [0, 0.1) is 5.82 Å². The van der Waals surface area contributed by atoms with Gasteiger partial charge in [-0.15, -0.1) is 0 Å². The van der Waals surface area contributed by atoms with Crippen LogP contribution in [0.5, 0.6) is 0 Å². The van der Waals surface area contributed by atoms with Crippen molar-refractivity contribution in [2.45, 2.75) is 24.3 Å². The van der Waals surface area contributed by atoms with Crippen LogP contribution in [0.25, 0.3) is 0 Å². The molecule has 0 radical (unpaired) electrons. The lowest BCUT2D eigenvalue weighted by molar-refractivity contribution is -0.128. The number of carbonyl (C=O) groups is 2. The lowest BCUT2D eigenvalue weighted by Gasteiger charge is -2.16. The van der Waals surface area contributed by atoms with Crippen LogP contribution in [0.4, 0.5) is 10.1 Å². The minimum absolute atomic E-state index is 0.0203. The Bertz CT molecular complexity index is 1050. The fourth-order valence-electron chi connectivity index (χ4n) is 3.08. The van der Waals surface area contributed by atoms with Gasteiger partial charge in [-0.25, -0.2) is 17.1 Å². The molecule has 7 nitrogen and oxygen atoms in total. The number of rotatable bonds is 6. The van der Waals surface area contributed by atoms with Gasteiger partial charge < -0.3 is 10.2 Å². The minimum atomic E-state index is -4.02. The van der Waals surface area contributed by atoms with Gasteiger partial charge in [0, 0.05) is 44.9 Å². The topological polar surface area (TPSA) is 86.8 Å². The van der Waals surface area contributed by atoms with Gasteiger partial charge in [-0.1, -0.05) is 12.1 Å². The number of anilines is 1. The molecular weight excluding hydrogens is 397 g/mol. The molecule has 1 aliphatic rings. The van der Waals surface area contributed by atoms with Crippen molar-refractivity contribution < 1.29 is 22.4 Å². The maximum Gasteiger partial charge on any atom is 0.255 e. The van der Waals surface area contributed by atoms with Crippen molar-refractivity contribution in [2.24, 2.45) is 0 Å². The molecule has 1 N–H and O–H groups in total. The predicted molar refractivity (Wildman–Crippen MR) is 106 cm³/mol. The zero-order chi connectivity index (χ0) is 21.2. The molecule has 0 spiro atoms. The summed E-state index contributed by atoms with van der Waals surface area (Å²) in [5.41, 5.74) is 1.39. The second-order valence-corrected chi connectivity index (χ2v) is 9.13. The normalized spacial score (nSPS) is 14.5. The Labute approximate surface area is 169 Å². The van der Waals surface area contributed by atoms with Gasteiger partial charge >= 0.3 is 0 Å². The third-order valence-electron chi connectivity index (χ3n) is 4.68. The van der Waals surface area contributed by atoms with Gasteiger partial charge in [-0.2, -0.15) is 0 Å². The fourth-order valence-corrected chi connectivity index (χ4v) is 4.07. The number of halogens is 1.